The number of pyridine rings is 2. The van der Waals surface area contributed by atoms with E-state index in [-0.39, 0.29) is 11.4 Å². The Morgan fingerprint density at radius 1 is 1.00 bits per heavy atom. The second-order valence-electron chi connectivity index (χ2n) is 5.99. The highest BCUT2D eigenvalue weighted by Crippen LogP contribution is 2.39. The fourth-order valence-corrected chi connectivity index (χ4v) is 2.18. The van der Waals surface area contributed by atoms with Crippen LogP contribution in [-0.2, 0) is 6.18 Å². The molecule has 1 aliphatic rings. The molecule has 1 saturated carbocycles. The van der Waals surface area contributed by atoms with E-state index in [1.54, 1.807) is 0 Å². The lowest BCUT2D eigenvalue weighted by Crippen LogP contribution is -2.31. The number of carbonyl (C=O) groups is 2. The highest BCUT2D eigenvalue weighted by molar-refractivity contribution is 5.92. The topological polar surface area (TPSA) is 176 Å². The normalized spacial score (nSPS) is 13.3. The number of hydrogen-bond acceptors (Lipinski definition) is 7. The molecule has 0 unspecified atom stereocenters. The largest absolute Gasteiger partial charge is 0.433 e. The van der Waals surface area contributed by atoms with Gasteiger partial charge in [0.15, 0.2) is 0 Å². The zero-order valence-electron chi connectivity index (χ0n) is 14.5. The standard InChI is InChI=1S/C9H12N4O.C7H6F3N3O/c10-6-3-7(5-1-2-5)12-8(4-6)9(14)13-11;8-7(9,10)5-2-3(11)1-4(13-5)6(12)14/h3-5H,1-2,11H2,(H2,10,12)(H,13,14);1-2H,(H2,11,13)(H2,12,14). The van der Waals surface area contributed by atoms with Crippen LogP contribution in [0.15, 0.2) is 24.3 Å². The molecule has 12 heteroatoms. The summed E-state index contributed by atoms with van der Waals surface area (Å²) in [5.41, 5.74) is 17.4. The highest BCUT2D eigenvalue weighted by Gasteiger charge is 2.33. The summed E-state index contributed by atoms with van der Waals surface area (Å²) in [6.45, 7) is 0. The molecule has 2 aromatic heterocycles. The minimum atomic E-state index is -4.64. The summed E-state index contributed by atoms with van der Waals surface area (Å²) >= 11 is 0. The number of alkyl halides is 3. The number of hydrazine groups is 1. The van der Waals surface area contributed by atoms with E-state index in [1.165, 1.54) is 6.07 Å². The van der Waals surface area contributed by atoms with E-state index in [1.807, 2.05) is 11.5 Å². The van der Waals surface area contributed by atoms with Gasteiger partial charge in [-0.15, -0.1) is 0 Å². The molecule has 0 aromatic carbocycles. The number of halogens is 3. The zero-order chi connectivity index (χ0) is 21.1. The Kier molecular flexibility index (Phi) is 6.03. The molecule has 0 saturated heterocycles. The monoisotopic (exact) mass is 397 g/mol. The predicted octanol–water partition coefficient (Wildman–Crippen LogP) is 0.926. The first-order valence-electron chi connectivity index (χ1n) is 7.94. The number of nitrogens with two attached hydrogens (primary N) is 4. The van der Waals surface area contributed by atoms with Crippen molar-refractivity contribution in [2.24, 2.45) is 11.6 Å². The summed E-state index contributed by atoms with van der Waals surface area (Å²) < 4.78 is 36.4. The minimum Gasteiger partial charge on any atom is -0.399 e. The molecule has 0 aliphatic heterocycles. The Bertz CT molecular complexity index is 898. The van der Waals surface area contributed by atoms with Crippen molar-refractivity contribution < 1.29 is 22.8 Å². The van der Waals surface area contributed by atoms with E-state index in [0.717, 1.165) is 24.6 Å². The molecular weight excluding hydrogens is 379 g/mol. The Balaban J connectivity index is 0.000000200. The van der Waals surface area contributed by atoms with E-state index in [2.05, 4.69) is 9.97 Å². The summed E-state index contributed by atoms with van der Waals surface area (Å²) in [4.78, 5) is 29.0. The quantitative estimate of drug-likeness (QED) is 0.290. The van der Waals surface area contributed by atoms with E-state index >= 15 is 0 Å². The maximum Gasteiger partial charge on any atom is 0.433 e. The third-order valence-electron chi connectivity index (χ3n) is 3.62. The Morgan fingerprint density at radius 2 is 1.57 bits per heavy atom. The van der Waals surface area contributed by atoms with E-state index in [4.69, 9.17) is 23.0 Å². The van der Waals surface area contributed by atoms with Crippen LogP contribution in [0.1, 0.15) is 51.1 Å². The van der Waals surface area contributed by atoms with E-state index in [0.29, 0.717) is 17.7 Å². The summed E-state index contributed by atoms with van der Waals surface area (Å²) in [7, 11) is 0. The number of hydrogen-bond donors (Lipinski definition) is 5. The van der Waals surface area contributed by atoms with Crippen molar-refractivity contribution >= 4 is 23.2 Å². The fourth-order valence-electron chi connectivity index (χ4n) is 2.18. The van der Waals surface area contributed by atoms with Crippen molar-refractivity contribution in [3.63, 3.8) is 0 Å². The van der Waals surface area contributed by atoms with Gasteiger partial charge in [-0.1, -0.05) is 0 Å². The van der Waals surface area contributed by atoms with Gasteiger partial charge < -0.3 is 17.2 Å². The number of primary amides is 1. The number of carbonyl (C=O) groups excluding carboxylic acids is 2. The third kappa shape index (κ3) is 5.54. The molecule has 2 amide bonds. The number of nitrogens with zero attached hydrogens (tertiary/aromatic N) is 2. The second-order valence-corrected chi connectivity index (χ2v) is 5.99. The summed E-state index contributed by atoms with van der Waals surface area (Å²) in [5.74, 6) is 4.03. The molecule has 0 atom stereocenters. The van der Waals surface area contributed by atoms with Crippen molar-refractivity contribution in [2.45, 2.75) is 24.9 Å². The SMILES string of the molecule is NC(=O)c1cc(N)cc(C(F)(F)F)n1.NNC(=O)c1cc(N)cc(C2CC2)n1. The number of rotatable bonds is 3. The lowest BCUT2D eigenvalue weighted by Gasteiger charge is -2.07. The van der Waals surface area contributed by atoms with Crippen LogP contribution in [0.3, 0.4) is 0 Å². The molecule has 0 bridgehead atoms. The Labute approximate surface area is 157 Å². The predicted molar refractivity (Wildman–Crippen MR) is 94.4 cm³/mol. The third-order valence-corrected chi connectivity index (χ3v) is 3.62. The van der Waals surface area contributed by atoms with Crippen LogP contribution >= 0.6 is 0 Å². The van der Waals surface area contributed by atoms with Crippen molar-refractivity contribution in [3.8, 4) is 0 Å². The average Bonchev–Trinajstić information content (AvgIpc) is 3.45. The van der Waals surface area contributed by atoms with Gasteiger partial charge in [-0.05, 0) is 37.1 Å². The van der Waals surface area contributed by atoms with Gasteiger partial charge >= 0.3 is 6.18 Å². The summed E-state index contributed by atoms with van der Waals surface area (Å²) in [6.07, 6.45) is -2.39. The summed E-state index contributed by atoms with van der Waals surface area (Å²) in [6, 6.07) is 4.95. The lowest BCUT2D eigenvalue weighted by molar-refractivity contribution is -0.141. The van der Waals surface area contributed by atoms with Crippen molar-refractivity contribution in [3.05, 3.63) is 47.0 Å². The molecule has 150 valence electrons. The van der Waals surface area contributed by atoms with E-state index < -0.39 is 29.4 Å². The Hall–Kier alpha value is -3.41. The maximum atomic E-state index is 12.1. The molecule has 28 heavy (non-hydrogen) atoms. The van der Waals surface area contributed by atoms with Crippen LogP contribution in [-0.4, -0.2) is 21.8 Å². The number of nitrogen functional groups attached to an aromatic ring is 3. The number of nitrogens with one attached hydrogen (secondary N) is 1. The first-order valence-corrected chi connectivity index (χ1v) is 7.94. The highest BCUT2D eigenvalue weighted by atomic mass is 19.4. The minimum absolute atomic E-state index is 0.207. The van der Waals surface area contributed by atoms with Gasteiger partial charge in [0.05, 0.1) is 0 Å². The number of anilines is 2. The first kappa shape index (κ1) is 20.9. The lowest BCUT2D eigenvalue weighted by atomic mass is 10.2. The first-order chi connectivity index (χ1) is 13.0. The van der Waals surface area contributed by atoms with Gasteiger partial charge in [0, 0.05) is 23.0 Å². The van der Waals surface area contributed by atoms with Crippen LogP contribution in [0.2, 0.25) is 0 Å². The second kappa shape index (κ2) is 8.08. The summed E-state index contributed by atoms with van der Waals surface area (Å²) in [5, 5.41) is 0. The van der Waals surface area contributed by atoms with Crippen LogP contribution in [0.4, 0.5) is 24.5 Å². The van der Waals surface area contributed by atoms with Gasteiger partial charge in [-0.3, -0.25) is 15.0 Å². The molecule has 0 radical (unpaired) electrons. The Morgan fingerprint density at radius 3 is 2.07 bits per heavy atom. The van der Waals surface area contributed by atoms with Gasteiger partial charge in [-0.2, -0.15) is 13.2 Å². The number of aromatic nitrogens is 2. The van der Waals surface area contributed by atoms with Crippen LogP contribution < -0.4 is 28.5 Å². The van der Waals surface area contributed by atoms with Gasteiger partial charge in [-0.25, -0.2) is 15.8 Å². The van der Waals surface area contributed by atoms with Crippen LogP contribution in [0.5, 0.6) is 0 Å². The van der Waals surface area contributed by atoms with Crippen LogP contribution in [0.25, 0.3) is 0 Å². The molecule has 3 rings (SSSR count). The van der Waals surface area contributed by atoms with Gasteiger partial charge in [0.25, 0.3) is 11.8 Å². The van der Waals surface area contributed by atoms with Crippen molar-refractivity contribution in [2.75, 3.05) is 11.5 Å². The maximum absolute atomic E-state index is 12.1. The molecular formula is C16H18F3N7O2. The zero-order valence-corrected chi connectivity index (χ0v) is 14.5. The molecule has 0 spiro atoms. The fraction of sp³-hybridized carbons (Fsp3) is 0.250. The number of amides is 2. The van der Waals surface area contributed by atoms with Crippen LogP contribution in [0, 0.1) is 0 Å². The van der Waals surface area contributed by atoms with Gasteiger partial charge in [0.2, 0.25) is 0 Å². The van der Waals surface area contributed by atoms with E-state index in [9.17, 15) is 22.8 Å². The molecule has 2 aromatic rings. The molecule has 1 fully saturated rings. The average molecular weight is 397 g/mol. The van der Waals surface area contributed by atoms with Crippen molar-refractivity contribution in [1.29, 1.82) is 0 Å². The smallest absolute Gasteiger partial charge is 0.399 e. The molecule has 2 heterocycles. The van der Waals surface area contributed by atoms with Crippen molar-refractivity contribution in [1.82, 2.24) is 15.4 Å². The molecule has 9 nitrogen and oxygen atoms in total. The molecule has 9 N–H and O–H groups in total. The van der Waals surface area contributed by atoms with Gasteiger partial charge in [0.1, 0.15) is 17.1 Å². The molecule has 1 aliphatic carbocycles.